The molecule has 0 saturated carbocycles. The minimum Gasteiger partial charge on any atom is -0.493 e. The van der Waals surface area contributed by atoms with Gasteiger partial charge < -0.3 is 14.8 Å². The molecule has 5 aromatic rings. The number of nitrogens with zero attached hydrogens (tertiary/aromatic N) is 3. The van der Waals surface area contributed by atoms with E-state index in [0.29, 0.717) is 29.3 Å². The summed E-state index contributed by atoms with van der Waals surface area (Å²) in [5.41, 5.74) is 4.64. The SMILES string of the molecule is COc1ccc(-c2cc(C(=O)NCc3nc(-c4ccncc4)cs3)c3ccccc3n2)cc1OC. The minimum atomic E-state index is -0.189. The van der Waals surface area contributed by atoms with Gasteiger partial charge in [0.1, 0.15) is 5.01 Å². The van der Waals surface area contributed by atoms with Crippen LogP contribution in [0.15, 0.2) is 78.4 Å². The van der Waals surface area contributed by atoms with E-state index in [1.54, 1.807) is 26.6 Å². The maximum absolute atomic E-state index is 13.3. The lowest BCUT2D eigenvalue weighted by atomic mass is 10.0. The zero-order valence-electron chi connectivity index (χ0n) is 19.2. The third-order valence-corrected chi connectivity index (χ3v) is 6.42. The van der Waals surface area contributed by atoms with Crippen LogP contribution in [0.3, 0.4) is 0 Å². The second-order valence-corrected chi connectivity index (χ2v) is 8.63. The Morgan fingerprint density at radius 2 is 1.69 bits per heavy atom. The Bertz CT molecular complexity index is 1500. The monoisotopic (exact) mass is 482 g/mol. The van der Waals surface area contributed by atoms with Crippen molar-refractivity contribution < 1.29 is 14.3 Å². The van der Waals surface area contributed by atoms with Crippen molar-refractivity contribution in [2.24, 2.45) is 0 Å². The summed E-state index contributed by atoms with van der Waals surface area (Å²) < 4.78 is 10.8. The fourth-order valence-corrected chi connectivity index (χ4v) is 4.55. The normalized spacial score (nSPS) is 10.8. The molecule has 0 aliphatic carbocycles. The van der Waals surface area contributed by atoms with Crippen molar-refractivity contribution in [3.05, 3.63) is 89.0 Å². The molecular weight excluding hydrogens is 460 g/mol. The lowest BCUT2D eigenvalue weighted by molar-refractivity contribution is 0.0952. The highest BCUT2D eigenvalue weighted by atomic mass is 32.1. The van der Waals surface area contributed by atoms with Gasteiger partial charge in [-0.1, -0.05) is 18.2 Å². The number of thiazole rings is 1. The summed E-state index contributed by atoms with van der Waals surface area (Å²) >= 11 is 1.51. The minimum absolute atomic E-state index is 0.189. The summed E-state index contributed by atoms with van der Waals surface area (Å²) in [6, 6.07) is 18.8. The van der Waals surface area contributed by atoms with E-state index >= 15 is 0 Å². The molecule has 35 heavy (non-hydrogen) atoms. The van der Waals surface area contributed by atoms with Gasteiger partial charge in [0.2, 0.25) is 0 Å². The fraction of sp³-hybridized carbons (Fsp3) is 0.111. The highest BCUT2D eigenvalue weighted by molar-refractivity contribution is 7.09. The number of ether oxygens (including phenoxy) is 2. The average Bonchev–Trinajstić information content (AvgIpc) is 3.40. The van der Waals surface area contributed by atoms with E-state index in [-0.39, 0.29) is 5.91 Å². The number of carbonyl (C=O) groups is 1. The largest absolute Gasteiger partial charge is 0.493 e. The van der Waals surface area contributed by atoms with Crippen LogP contribution >= 0.6 is 11.3 Å². The molecule has 0 saturated heterocycles. The molecule has 3 heterocycles. The predicted molar refractivity (Wildman–Crippen MR) is 137 cm³/mol. The van der Waals surface area contributed by atoms with Crippen molar-refractivity contribution in [3.63, 3.8) is 0 Å². The Kier molecular flexibility index (Phi) is 6.36. The summed E-state index contributed by atoms with van der Waals surface area (Å²) in [4.78, 5) is 26.8. The average molecular weight is 483 g/mol. The number of amides is 1. The van der Waals surface area contributed by atoms with Gasteiger partial charge in [0.15, 0.2) is 11.5 Å². The van der Waals surface area contributed by atoms with E-state index in [1.807, 2.05) is 66.0 Å². The quantitative estimate of drug-likeness (QED) is 0.336. The third kappa shape index (κ3) is 4.69. The number of nitrogens with one attached hydrogen (secondary N) is 1. The molecule has 0 aliphatic heterocycles. The third-order valence-electron chi connectivity index (χ3n) is 5.57. The molecule has 8 heteroatoms. The zero-order chi connectivity index (χ0) is 24.2. The lowest BCUT2D eigenvalue weighted by Gasteiger charge is -2.12. The van der Waals surface area contributed by atoms with Crippen LogP contribution in [0.2, 0.25) is 0 Å². The first kappa shape index (κ1) is 22.5. The molecule has 0 bridgehead atoms. The van der Waals surface area contributed by atoms with Crippen molar-refractivity contribution in [2.75, 3.05) is 14.2 Å². The number of hydrogen-bond acceptors (Lipinski definition) is 7. The van der Waals surface area contributed by atoms with E-state index < -0.39 is 0 Å². The van der Waals surface area contributed by atoms with E-state index in [0.717, 1.165) is 32.7 Å². The molecule has 1 amide bonds. The molecule has 2 aromatic carbocycles. The number of pyridine rings is 2. The number of carbonyl (C=O) groups excluding carboxylic acids is 1. The van der Waals surface area contributed by atoms with Gasteiger partial charge in [-0.15, -0.1) is 11.3 Å². The maximum Gasteiger partial charge on any atom is 0.252 e. The van der Waals surface area contributed by atoms with Crippen molar-refractivity contribution >= 4 is 28.1 Å². The molecule has 1 N–H and O–H groups in total. The summed E-state index contributed by atoms with van der Waals surface area (Å²) in [6.07, 6.45) is 3.47. The Labute approximate surface area is 206 Å². The molecule has 3 aromatic heterocycles. The van der Waals surface area contributed by atoms with Gasteiger partial charge in [-0.05, 0) is 42.5 Å². The first-order chi connectivity index (χ1) is 17.2. The molecule has 5 rings (SSSR count). The standard InChI is InChI=1S/C27H22N4O3S/c1-33-24-8-7-18(13-25(24)34-2)22-14-20(19-5-3-4-6-21(19)30-22)27(32)29-15-26-31-23(16-35-26)17-9-11-28-12-10-17/h3-14,16H,15H2,1-2H3,(H,29,32). The van der Waals surface area contributed by atoms with Crippen molar-refractivity contribution in [1.82, 2.24) is 20.3 Å². The van der Waals surface area contributed by atoms with Crippen LogP contribution in [0.1, 0.15) is 15.4 Å². The highest BCUT2D eigenvalue weighted by Gasteiger charge is 2.16. The molecule has 0 aliphatic rings. The number of hydrogen-bond donors (Lipinski definition) is 1. The van der Waals surface area contributed by atoms with Gasteiger partial charge in [0, 0.05) is 34.3 Å². The molecular formula is C27H22N4O3S. The summed E-state index contributed by atoms with van der Waals surface area (Å²) in [5.74, 6) is 1.04. The van der Waals surface area contributed by atoms with Gasteiger partial charge in [0.25, 0.3) is 5.91 Å². The second-order valence-electron chi connectivity index (χ2n) is 7.69. The molecule has 0 spiro atoms. The topological polar surface area (TPSA) is 86.2 Å². The van der Waals surface area contributed by atoms with Gasteiger partial charge in [-0.25, -0.2) is 9.97 Å². The van der Waals surface area contributed by atoms with Gasteiger partial charge in [-0.3, -0.25) is 9.78 Å². The van der Waals surface area contributed by atoms with E-state index in [4.69, 9.17) is 14.5 Å². The smallest absolute Gasteiger partial charge is 0.252 e. The second kappa shape index (κ2) is 9.90. The Balaban J connectivity index is 1.44. The summed E-state index contributed by atoms with van der Waals surface area (Å²) in [5, 5.41) is 6.60. The molecule has 0 radical (unpaired) electrons. The number of fused-ring (bicyclic) bond motifs is 1. The van der Waals surface area contributed by atoms with E-state index in [9.17, 15) is 4.79 Å². The van der Waals surface area contributed by atoms with E-state index in [2.05, 4.69) is 15.3 Å². The van der Waals surface area contributed by atoms with Crippen molar-refractivity contribution in [3.8, 4) is 34.0 Å². The molecule has 7 nitrogen and oxygen atoms in total. The predicted octanol–water partition coefficient (Wildman–Crippen LogP) is 5.37. The van der Waals surface area contributed by atoms with Crippen LogP contribution in [0.25, 0.3) is 33.4 Å². The number of aromatic nitrogens is 3. The number of para-hydroxylation sites is 1. The fourth-order valence-electron chi connectivity index (χ4n) is 3.81. The number of methoxy groups -OCH3 is 2. The van der Waals surface area contributed by atoms with Gasteiger partial charge in [-0.2, -0.15) is 0 Å². The van der Waals surface area contributed by atoms with Crippen LogP contribution in [0, 0.1) is 0 Å². The Morgan fingerprint density at radius 3 is 2.49 bits per heavy atom. The van der Waals surface area contributed by atoms with Gasteiger partial charge >= 0.3 is 0 Å². The maximum atomic E-state index is 13.3. The molecule has 0 fully saturated rings. The van der Waals surface area contributed by atoms with Crippen LogP contribution in [0.4, 0.5) is 0 Å². The van der Waals surface area contributed by atoms with E-state index in [1.165, 1.54) is 11.3 Å². The van der Waals surface area contributed by atoms with Crippen LogP contribution in [0.5, 0.6) is 11.5 Å². The summed E-state index contributed by atoms with van der Waals surface area (Å²) in [7, 11) is 3.18. The molecule has 174 valence electrons. The molecule has 0 atom stereocenters. The van der Waals surface area contributed by atoms with Crippen LogP contribution < -0.4 is 14.8 Å². The van der Waals surface area contributed by atoms with Crippen molar-refractivity contribution in [2.45, 2.75) is 6.54 Å². The van der Waals surface area contributed by atoms with Gasteiger partial charge in [0.05, 0.1) is 43.2 Å². The summed E-state index contributed by atoms with van der Waals surface area (Å²) in [6.45, 7) is 0.330. The molecule has 0 unspecified atom stereocenters. The van der Waals surface area contributed by atoms with Crippen LogP contribution in [-0.4, -0.2) is 35.1 Å². The highest BCUT2D eigenvalue weighted by Crippen LogP contribution is 2.33. The Hall–Kier alpha value is -4.30. The first-order valence-electron chi connectivity index (χ1n) is 10.9. The zero-order valence-corrected chi connectivity index (χ0v) is 20.0. The van der Waals surface area contributed by atoms with Crippen molar-refractivity contribution in [1.29, 1.82) is 0 Å². The number of rotatable bonds is 7. The number of benzene rings is 2. The Morgan fingerprint density at radius 1 is 0.886 bits per heavy atom. The first-order valence-corrected chi connectivity index (χ1v) is 11.8. The van der Waals surface area contributed by atoms with Crippen LogP contribution in [-0.2, 0) is 6.54 Å². The lowest BCUT2D eigenvalue weighted by Crippen LogP contribution is -2.23.